The predicted octanol–water partition coefficient (Wildman–Crippen LogP) is 2.31. The van der Waals surface area contributed by atoms with E-state index in [-0.39, 0.29) is 0 Å². The Morgan fingerprint density at radius 3 is 2.83 bits per heavy atom. The van der Waals surface area contributed by atoms with Crippen molar-refractivity contribution in [1.29, 1.82) is 0 Å². The molecule has 0 fully saturated rings. The first kappa shape index (κ1) is 13.2. The van der Waals surface area contributed by atoms with E-state index in [4.69, 9.17) is 14.2 Å². The van der Waals surface area contributed by atoms with Crippen LogP contribution < -0.4 is 9.47 Å². The summed E-state index contributed by atoms with van der Waals surface area (Å²) in [7, 11) is 0. The van der Waals surface area contributed by atoms with Crippen molar-refractivity contribution in [1.82, 2.24) is 0 Å². The van der Waals surface area contributed by atoms with Crippen LogP contribution in [0.5, 0.6) is 11.5 Å². The zero-order valence-electron chi connectivity index (χ0n) is 10.7. The molecule has 1 unspecified atom stereocenters. The van der Waals surface area contributed by atoms with Crippen molar-refractivity contribution >= 4 is 0 Å². The van der Waals surface area contributed by atoms with Crippen molar-refractivity contribution in [2.75, 3.05) is 26.4 Å². The standard InChI is InChI=1S/C14H20O4/c1-2-16-7-3-4-12(15)11-5-6-13-14(10-11)18-9-8-17-13/h5-6,10,12,15H,2-4,7-9H2,1H3. The van der Waals surface area contributed by atoms with E-state index in [1.165, 1.54) is 0 Å². The fourth-order valence-corrected chi connectivity index (χ4v) is 1.96. The molecule has 0 saturated carbocycles. The molecular weight excluding hydrogens is 232 g/mol. The van der Waals surface area contributed by atoms with Gasteiger partial charge in [-0.15, -0.1) is 0 Å². The van der Waals surface area contributed by atoms with Crippen LogP contribution in [0, 0.1) is 0 Å². The number of ether oxygens (including phenoxy) is 3. The summed E-state index contributed by atoms with van der Waals surface area (Å²) in [6.07, 6.45) is 1.07. The maximum Gasteiger partial charge on any atom is 0.161 e. The van der Waals surface area contributed by atoms with Gasteiger partial charge in [0.25, 0.3) is 0 Å². The first-order valence-electron chi connectivity index (χ1n) is 6.46. The summed E-state index contributed by atoms with van der Waals surface area (Å²) in [5.74, 6) is 1.48. The molecule has 1 N–H and O–H groups in total. The first-order valence-corrected chi connectivity index (χ1v) is 6.46. The third kappa shape index (κ3) is 3.37. The molecule has 2 rings (SSSR count). The summed E-state index contributed by atoms with van der Waals surface area (Å²) in [5.41, 5.74) is 0.871. The minimum Gasteiger partial charge on any atom is -0.486 e. The van der Waals surface area contributed by atoms with Gasteiger partial charge in [0, 0.05) is 13.2 Å². The van der Waals surface area contributed by atoms with Gasteiger partial charge >= 0.3 is 0 Å². The maximum absolute atomic E-state index is 10.1. The molecule has 0 aromatic heterocycles. The maximum atomic E-state index is 10.1. The van der Waals surface area contributed by atoms with Crippen LogP contribution >= 0.6 is 0 Å². The summed E-state index contributed by atoms with van der Waals surface area (Å²) >= 11 is 0. The Kier molecular flexibility index (Phi) is 4.84. The number of benzene rings is 1. The number of fused-ring (bicyclic) bond motifs is 1. The monoisotopic (exact) mass is 252 g/mol. The lowest BCUT2D eigenvalue weighted by molar-refractivity contribution is 0.114. The molecule has 0 bridgehead atoms. The third-order valence-electron chi connectivity index (χ3n) is 2.92. The summed E-state index contributed by atoms with van der Waals surface area (Å²) in [5, 5.41) is 10.1. The average Bonchev–Trinajstić information content (AvgIpc) is 2.43. The molecular formula is C14H20O4. The van der Waals surface area contributed by atoms with Crippen LogP contribution in [0.2, 0.25) is 0 Å². The summed E-state index contributed by atoms with van der Waals surface area (Å²) in [6.45, 7) is 4.54. The van der Waals surface area contributed by atoms with Crippen LogP contribution in [0.15, 0.2) is 18.2 Å². The van der Waals surface area contributed by atoms with Crippen LogP contribution in [0.4, 0.5) is 0 Å². The van der Waals surface area contributed by atoms with Crippen molar-refractivity contribution in [2.24, 2.45) is 0 Å². The van der Waals surface area contributed by atoms with E-state index in [1.807, 2.05) is 25.1 Å². The van der Waals surface area contributed by atoms with E-state index in [0.717, 1.165) is 30.1 Å². The minimum atomic E-state index is -0.471. The quantitative estimate of drug-likeness (QED) is 0.789. The highest BCUT2D eigenvalue weighted by Crippen LogP contribution is 2.33. The highest BCUT2D eigenvalue weighted by molar-refractivity contribution is 5.44. The molecule has 4 heteroatoms. The molecule has 1 aromatic carbocycles. The lowest BCUT2D eigenvalue weighted by atomic mass is 10.0. The second-order valence-corrected chi connectivity index (χ2v) is 4.26. The molecule has 1 heterocycles. The van der Waals surface area contributed by atoms with Gasteiger partial charge in [0.05, 0.1) is 6.10 Å². The normalized spacial score (nSPS) is 15.4. The fraction of sp³-hybridized carbons (Fsp3) is 0.571. The van der Waals surface area contributed by atoms with Crippen molar-refractivity contribution in [3.8, 4) is 11.5 Å². The van der Waals surface area contributed by atoms with E-state index in [1.54, 1.807) is 0 Å². The van der Waals surface area contributed by atoms with Gasteiger partial charge < -0.3 is 19.3 Å². The lowest BCUT2D eigenvalue weighted by Gasteiger charge is -2.20. The van der Waals surface area contributed by atoms with Gasteiger partial charge in [-0.1, -0.05) is 6.07 Å². The van der Waals surface area contributed by atoms with E-state index >= 15 is 0 Å². The molecule has 0 saturated heterocycles. The number of hydrogen-bond donors (Lipinski definition) is 1. The van der Waals surface area contributed by atoms with Crippen molar-refractivity contribution in [2.45, 2.75) is 25.9 Å². The predicted molar refractivity (Wildman–Crippen MR) is 68.1 cm³/mol. The molecule has 1 aliphatic heterocycles. The van der Waals surface area contributed by atoms with Gasteiger partial charge in [0.15, 0.2) is 11.5 Å². The van der Waals surface area contributed by atoms with Gasteiger partial charge in [0.1, 0.15) is 13.2 Å². The van der Waals surface area contributed by atoms with Crippen LogP contribution in [-0.2, 0) is 4.74 Å². The van der Waals surface area contributed by atoms with E-state index < -0.39 is 6.10 Å². The molecule has 0 amide bonds. The number of rotatable bonds is 6. The molecule has 0 spiro atoms. The fourth-order valence-electron chi connectivity index (χ4n) is 1.96. The number of aliphatic hydroxyl groups excluding tert-OH is 1. The largest absolute Gasteiger partial charge is 0.486 e. The zero-order chi connectivity index (χ0) is 12.8. The van der Waals surface area contributed by atoms with E-state index in [0.29, 0.717) is 26.2 Å². The number of hydrogen-bond acceptors (Lipinski definition) is 4. The smallest absolute Gasteiger partial charge is 0.161 e. The Morgan fingerprint density at radius 2 is 2.06 bits per heavy atom. The van der Waals surface area contributed by atoms with Crippen LogP contribution in [-0.4, -0.2) is 31.5 Å². The molecule has 1 aliphatic rings. The van der Waals surface area contributed by atoms with E-state index in [9.17, 15) is 5.11 Å². The van der Waals surface area contributed by atoms with E-state index in [2.05, 4.69) is 0 Å². The van der Waals surface area contributed by atoms with Gasteiger partial charge in [0.2, 0.25) is 0 Å². The molecule has 1 aromatic rings. The summed E-state index contributed by atoms with van der Waals surface area (Å²) in [6, 6.07) is 5.61. The highest BCUT2D eigenvalue weighted by Gasteiger charge is 2.15. The Bertz CT molecular complexity index is 378. The molecule has 100 valence electrons. The summed E-state index contributed by atoms with van der Waals surface area (Å²) in [4.78, 5) is 0. The van der Waals surface area contributed by atoms with Crippen LogP contribution in [0.25, 0.3) is 0 Å². The first-order chi connectivity index (χ1) is 8.81. The number of aliphatic hydroxyl groups is 1. The second kappa shape index (κ2) is 6.61. The van der Waals surface area contributed by atoms with Gasteiger partial charge in [-0.25, -0.2) is 0 Å². The zero-order valence-corrected chi connectivity index (χ0v) is 10.7. The lowest BCUT2D eigenvalue weighted by Crippen LogP contribution is -2.15. The molecule has 0 radical (unpaired) electrons. The van der Waals surface area contributed by atoms with Crippen LogP contribution in [0.3, 0.4) is 0 Å². The van der Waals surface area contributed by atoms with Crippen molar-refractivity contribution < 1.29 is 19.3 Å². The van der Waals surface area contributed by atoms with Gasteiger partial charge in [-0.05, 0) is 37.5 Å². The molecule has 4 nitrogen and oxygen atoms in total. The Morgan fingerprint density at radius 1 is 1.28 bits per heavy atom. The second-order valence-electron chi connectivity index (χ2n) is 4.26. The van der Waals surface area contributed by atoms with Gasteiger partial charge in [-0.2, -0.15) is 0 Å². The Balaban J connectivity index is 1.91. The third-order valence-corrected chi connectivity index (χ3v) is 2.92. The topological polar surface area (TPSA) is 47.9 Å². The Hall–Kier alpha value is -1.26. The SMILES string of the molecule is CCOCCCC(O)c1ccc2c(c1)OCCO2. The molecule has 0 aliphatic carbocycles. The Labute approximate surface area is 107 Å². The van der Waals surface area contributed by atoms with Crippen molar-refractivity contribution in [3.63, 3.8) is 0 Å². The average molecular weight is 252 g/mol. The van der Waals surface area contributed by atoms with Crippen LogP contribution in [0.1, 0.15) is 31.4 Å². The van der Waals surface area contributed by atoms with Crippen molar-refractivity contribution in [3.05, 3.63) is 23.8 Å². The molecule has 18 heavy (non-hydrogen) atoms. The highest BCUT2D eigenvalue weighted by atomic mass is 16.6. The van der Waals surface area contributed by atoms with Gasteiger partial charge in [-0.3, -0.25) is 0 Å². The summed E-state index contributed by atoms with van der Waals surface area (Å²) < 4.78 is 16.2. The minimum absolute atomic E-state index is 0.471. The molecule has 1 atom stereocenters.